The van der Waals surface area contributed by atoms with E-state index >= 15 is 0 Å². The van der Waals surface area contributed by atoms with Crippen LogP contribution < -0.4 is 5.43 Å². The molecule has 1 aromatic carbocycles. The first-order valence-corrected chi connectivity index (χ1v) is 5.80. The smallest absolute Gasteiger partial charge is 0.272 e. The number of carbonyl (C=O) groups is 1. The summed E-state index contributed by atoms with van der Waals surface area (Å²) in [5, 5.41) is 11.2. The molecule has 18 heavy (non-hydrogen) atoms. The Hall–Kier alpha value is -1.66. The van der Waals surface area contributed by atoms with Crippen molar-refractivity contribution >= 4 is 5.91 Å². The number of phenolic OH excluding ortho intramolecular Hbond substituents is 1. The predicted molar refractivity (Wildman–Crippen MR) is 64.6 cm³/mol. The highest BCUT2D eigenvalue weighted by Crippen LogP contribution is 2.19. The number of hydrogen-bond acceptors (Lipinski definition) is 4. The topological polar surface area (TPSA) is 55.8 Å². The van der Waals surface area contributed by atoms with Crippen molar-refractivity contribution in [2.45, 2.75) is 0 Å². The number of amides is 1. The third kappa shape index (κ3) is 2.77. The molecule has 2 rings (SSSR count). The van der Waals surface area contributed by atoms with E-state index in [4.69, 9.17) is 0 Å². The van der Waals surface area contributed by atoms with Gasteiger partial charge >= 0.3 is 0 Å². The van der Waals surface area contributed by atoms with Crippen LogP contribution in [0.5, 0.6) is 5.75 Å². The van der Waals surface area contributed by atoms with Crippen molar-refractivity contribution in [2.75, 3.05) is 33.2 Å². The number of likely N-dealkylation sites (N-methyl/N-ethyl adjacent to an activating group) is 1. The van der Waals surface area contributed by atoms with Crippen LogP contribution in [-0.4, -0.2) is 54.1 Å². The first-order valence-electron chi connectivity index (χ1n) is 5.80. The highest BCUT2D eigenvalue weighted by Gasteiger charge is 2.20. The maximum absolute atomic E-state index is 13.5. The lowest BCUT2D eigenvalue weighted by Gasteiger charge is -2.32. The molecule has 1 aliphatic rings. The molecule has 6 heteroatoms. The molecule has 1 aliphatic heterocycles. The van der Waals surface area contributed by atoms with Gasteiger partial charge in [0.1, 0.15) is 17.1 Å². The summed E-state index contributed by atoms with van der Waals surface area (Å²) in [7, 11) is 2.00. The van der Waals surface area contributed by atoms with Crippen molar-refractivity contribution in [3.05, 3.63) is 29.6 Å². The minimum atomic E-state index is -0.721. The number of benzene rings is 1. The fraction of sp³-hybridized carbons (Fsp3) is 0.417. The number of nitrogens with one attached hydrogen (secondary N) is 1. The second-order valence-corrected chi connectivity index (χ2v) is 4.37. The van der Waals surface area contributed by atoms with Crippen LogP contribution in [0.4, 0.5) is 4.39 Å². The summed E-state index contributed by atoms with van der Waals surface area (Å²) in [6, 6.07) is 3.80. The Morgan fingerprint density at radius 3 is 2.61 bits per heavy atom. The lowest BCUT2D eigenvalue weighted by Crippen LogP contribution is -2.52. The number of aromatic hydroxyl groups is 1. The standard InChI is InChI=1S/C12H16FN3O2/c1-15-5-7-16(8-6-15)14-12(18)11-9(13)3-2-4-10(11)17/h2-4,17H,5-8H2,1H3,(H,14,18). The summed E-state index contributed by atoms with van der Waals surface area (Å²) in [5.41, 5.74) is 2.30. The van der Waals surface area contributed by atoms with Crippen molar-refractivity contribution in [3.8, 4) is 5.75 Å². The molecule has 0 aromatic heterocycles. The number of rotatable bonds is 2. The lowest BCUT2D eigenvalue weighted by molar-refractivity contribution is 0.0656. The second-order valence-electron chi connectivity index (χ2n) is 4.37. The first-order chi connectivity index (χ1) is 8.58. The van der Waals surface area contributed by atoms with E-state index in [1.807, 2.05) is 7.05 Å². The van der Waals surface area contributed by atoms with Crippen LogP contribution >= 0.6 is 0 Å². The van der Waals surface area contributed by atoms with E-state index in [1.165, 1.54) is 12.1 Å². The van der Waals surface area contributed by atoms with Gasteiger partial charge in [0.05, 0.1) is 0 Å². The molecule has 1 fully saturated rings. The van der Waals surface area contributed by atoms with Gasteiger partial charge in [-0.25, -0.2) is 9.40 Å². The van der Waals surface area contributed by atoms with Gasteiger partial charge in [0.2, 0.25) is 0 Å². The third-order valence-corrected chi connectivity index (χ3v) is 2.98. The van der Waals surface area contributed by atoms with E-state index in [0.29, 0.717) is 13.1 Å². The van der Waals surface area contributed by atoms with Gasteiger partial charge in [0.25, 0.3) is 5.91 Å². The highest BCUT2D eigenvalue weighted by atomic mass is 19.1. The minimum absolute atomic E-state index is 0.309. The number of carbonyl (C=O) groups excluding carboxylic acids is 1. The van der Waals surface area contributed by atoms with E-state index < -0.39 is 11.7 Å². The molecule has 1 aromatic rings. The predicted octanol–water partition coefficient (Wildman–Crippen LogP) is 0.423. The summed E-state index contributed by atoms with van der Waals surface area (Å²) in [6.45, 7) is 3.03. The van der Waals surface area contributed by atoms with E-state index in [-0.39, 0.29) is 11.3 Å². The molecular formula is C12H16FN3O2. The van der Waals surface area contributed by atoms with Gasteiger partial charge < -0.3 is 10.0 Å². The van der Waals surface area contributed by atoms with Gasteiger partial charge in [-0.1, -0.05) is 6.07 Å². The van der Waals surface area contributed by atoms with Crippen LogP contribution in [0.25, 0.3) is 0 Å². The Morgan fingerprint density at radius 2 is 2.00 bits per heavy atom. The number of piperazine rings is 1. The highest BCUT2D eigenvalue weighted by molar-refractivity contribution is 5.96. The van der Waals surface area contributed by atoms with Crippen molar-refractivity contribution in [3.63, 3.8) is 0 Å². The number of halogens is 1. The van der Waals surface area contributed by atoms with E-state index in [1.54, 1.807) is 5.01 Å². The zero-order valence-corrected chi connectivity index (χ0v) is 10.2. The molecule has 1 saturated heterocycles. The molecule has 1 heterocycles. The van der Waals surface area contributed by atoms with Crippen LogP contribution in [-0.2, 0) is 0 Å². The molecule has 0 atom stereocenters. The van der Waals surface area contributed by atoms with Crippen LogP contribution in [0.2, 0.25) is 0 Å². The number of hydrogen-bond donors (Lipinski definition) is 2. The van der Waals surface area contributed by atoms with Crippen molar-refractivity contribution in [1.82, 2.24) is 15.3 Å². The van der Waals surface area contributed by atoms with Crippen LogP contribution in [0.3, 0.4) is 0 Å². The van der Waals surface area contributed by atoms with Crippen LogP contribution in [0.15, 0.2) is 18.2 Å². The van der Waals surface area contributed by atoms with Crippen LogP contribution in [0, 0.1) is 5.82 Å². The molecule has 0 radical (unpaired) electrons. The zero-order valence-electron chi connectivity index (χ0n) is 10.2. The Morgan fingerprint density at radius 1 is 1.33 bits per heavy atom. The van der Waals surface area contributed by atoms with E-state index in [0.717, 1.165) is 19.2 Å². The molecule has 0 bridgehead atoms. The van der Waals surface area contributed by atoms with Gasteiger partial charge in [-0.05, 0) is 19.2 Å². The normalized spacial score (nSPS) is 17.7. The fourth-order valence-electron chi connectivity index (χ4n) is 1.86. The maximum Gasteiger partial charge on any atom is 0.272 e. The molecule has 0 unspecified atom stereocenters. The molecule has 98 valence electrons. The van der Waals surface area contributed by atoms with Gasteiger partial charge in [0.15, 0.2) is 0 Å². The van der Waals surface area contributed by atoms with E-state index in [2.05, 4.69) is 10.3 Å². The lowest BCUT2D eigenvalue weighted by atomic mass is 10.2. The molecule has 5 nitrogen and oxygen atoms in total. The van der Waals surface area contributed by atoms with Gasteiger partial charge in [-0.2, -0.15) is 0 Å². The van der Waals surface area contributed by atoms with E-state index in [9.17, 15) is 14.3 Å². The monoisotopic (exact) mass is 253 g/mol. The first kappa shape index (κ1) is 12.8. The average molecular weight is 253 g/mol. The zero-order chi connectivity index (χ0) is 13.1. The van der Waals surface area contributed by atoms with Gasteiger partial charge in [-0.3, -0.25) is 10.2 Å². The van der Waals surface area contributed by atoms with Crippen molar-refractivity contribution in [2.24, 2.45) is 0 Å². The minimum Gasteiger partial charge on any atom is -0.507 e. The molecule has 0 spiro atoms. The number of nitrogens with zero attached hydrogens (tertiary/aromatic N) is 2. The Balaban J connectivity index is 2.04. The maximum atomic E-state index is 13.5. The summed E-state index contributed by atoms with van der Waals surface area (Å²) in [4.78, 5) is 14.0. The van der Waals surface area contributed by atoms with Crippen LogP contribution in [0.1, 0.15) is 10.4 Å². The summed E-state index contributed by atoms with van der Waals surface area (Å²) < 4.78 is 13.5. The quantitative estimate of drug-likeness (QED) is 0.802. The largest absolute Gasteiger partial charge is 0.507 e. The molecule has 0 saturated carbocycles. The Bertz CT molecular complexity index is 425. The van der Waals surface area contributed by atoms with Crippen molar-refractivity contribution in [1.29, 1.82) is 0 Å². The average Bonchev–Trinajstić information content (AvgIpc) is 2.32. The van der Waals surface area contributed by atoms with Gasteiger partial charge in [0, 0.05) is 26.2 Å². The third-order valence-electron chi connectivity index (χ3n) is 2.98. The molecule has 0 aliphatic carbocycles. The fourth-order valence-corrected chi connectivity index (χ4v) is 1.86. The van der Waals surface area contributed by atoms with Gasteiger partial charge in [-0.15, -0.1) is 0 Å². The number of phenols is 1. The Kier molecular flexibility index (Phi) is 3.78. The molecule has 1 amide bonds. The Labute approximate surface area is 105 Å². The molecular weight excluding hydrogens is 237 g/mol. The van der Waals surface area contributed by atoms with Crippen molar-refractivity contribution < 1.29 is 14.3 Å². The second kappa shape index (κ2) is 5.32. The molecule has 2 N–H and O–H groups in total. The summed E-state index contributed by atoms with van der Waals surface area (Å²) in [6.07, 6.45) is 0. The summed E-state index contributed by atoms with van der Waals surface area (Å²) >= 11 is 0. The summed E-state index contributed by atoms with van der Waals surface area (Å²) in [5.74, 6) is -1.68. The SMILES string of the molecule is CN1CCN(NC(=O)c2c(O)cccc2F)CC1. The number of hydrazine groups is 1.